The highest BCUT2D eigenvalue weighted by Gasteiger charge is 2.15. The van der Waals surface area contributed by atoms with Crippen LogP contribution in [0.2, 0.25) is 0 Å². The summed E-state index contributed by atoms with van der Waals surface area (Å²) in [6.07, 6.45) is 1.87. The van der Waals surface area contributed by atoms with Gasteiger partial charge in [-0.05, 0) is 53.4 Å². The van der Waals surface area contributed by atoms with E-state index in [-0.39, 0.29) is 11.6 Å². The number of hydrogen-bond donors (Lipinski definition) is 0. The summed E-state index contributed by atoms with van der Waals surface area (Å²) in [4.78, 5) is 4.71. The van der Waals surface area contributed by atoms with Crippen molar-refractivity contribution in [3.8, 4) is 44.8 Å². The van der Waals surface area contributed by atoms with E-state index in [0.29, 0.717) is 0 Å². The zero-order chi connectivity index (χ0) is 22.8. The van der Waals surface area contributed by atoms with Gasteiger partial charge in [0.15, 0.2) is 0 Å². The fourth-order valence-electron chi connectivity index (χ4n) is 4.06. The Labute approximate surface area is 191 Å². The first-order valence-electron chi connectivity index (χ1n) is 10.9. The van der Waals surface area contributed by atoms with Gasteiger partial charge in [0.2, 0.25) is 0 Å². The number of benzene rings is 4. The second kappa shape index (κ2) is 8.83. The molecule has 0 aliphatic carbocycles. The van der Waals surface area contributed by atoms with Crippen molar-refractivity contribution in [3.05, 3.63) is 115 Å². The van der Waals surface area contributed by atoms with Gasteiger partial charge in [0, 0.05) is 17.7 Å². The second-order valence-electron chi connectivity index (χ2n) is 7.90. The Bertz CT molecular complexity index is 1370. The third kappa shape index (κ3) is 4.20. The third-order valence-corrected chi connectivity index (χ3v) is 5.85. The van der Waals surface area contributed by atoms with E-state index in [1.807, 2.05) is 18.5 Å². The van der Waals surface area contributed by atoms with Gasteiger partial charge in [-0.1, -0.05) is 72.8 Å². The predicted molar refractivity (Wildman–Crippen MR) is 130 cm³/mol. The minimum Gasteiger partial charge on any atom is -0.330 e. The van der Waals surface area contributed by atoms with Crippen molar-refractivity contribution in [2.75, 3.05) is 0 Å². The molecule has 0 radical (unpaired) electrons. The van der Waals surface area contributed by atoms with Gasteiger partial charge in [-0.2, -0.15) is 0 Å². The summed E-state index contributed by atoms with van der Waals surface area (Å²) in [7, 11) is 0. The molecule has 1 heterocycles. The van der Waals surface area contributed by atoms with Gasteiger partial charge in [0.05, 0.1) is 17.7 Å². The Balaban J connectivity index is 1.49. The van der Waals surface area contributed by atoms with Gasteiger partial charge < -0.3 is 4.57 Å². The first-order valence-corrected chi connectivity index (χ1v) is 10.9. The number of imidazole rings is 1. The van der Waals surface area contributed by atoms with Crippen LogP contribution in [0.5, 0.6) is 0 Å². The molecule has 5 aromatic rings. The molecule has 2 nitrogen and oxygen atoms in total. The second-order valence-corrected chi connectivity index (χ2v) is 7.90. The van der Waals surface area contributed by atoms with Crippen molar-refractivity contribution in [1.29, 1.82) is 0 Å². The highest BCUT2D eigenvalue weighted by Crippen LogP contribution is 2.34. The van der Waals surface area contributed by atoms with Crippen LogP contribution in [0.4, 0.5) is 8.78 Å². The van der Waals surface area contributed by atoms with Crippen molar-refractivity contribution in [2.24, 2.45) is 0 Å². The lowest BCUT2D eigenvalue weighted by molar-refractivity contribution is 0.627. The maximum absolute atomic E-state index is 13.3. The van der Waals surface area contributed by atoms with E-state index in [4.69, 9.17) is 4.98 Å². The van der Waals surface area contributed by atoms with Crippen LogP contribution in [0.3, 0.4) is 0 Å². The summed E-state index contributed by atoms with van der Waals surface area (Å²) >= 11 is 0. The van der Waals surface area contributed by atoms with Crippen LogP contribution in [0, 0.1) is 11.6 Å². The summed E-state index contributed by atoms with van der Waals surface area (Å²) in [5.74, 6) is -0.479. The molecule has 1 aromatic heterocycles. The molecule has 0 saturated heterocycles. The van der Waals surface area contributed by atoms with E-state index in [1.54, 1.807) is 24.3 Å². The molecule has 33 heavy (non-hydrogen) atoms. The quantitative estimate of drug-likeness (QED) is 0.274. The minimum atomic E-state index is -0.240. The topological polar surface area (TPSA) is 17.8 Å². The van der Waals surface area contributed by atoms with Gasteiger partial charge in [-0.15, -0.1) is 0 Å². The SMILES string of the molecule is CCn1cnc(-c2ccc(-c3ccc(F)cc3)cc2)c1-c1ccc(-c2ccc(F)cc2)cc1. The zero-order valence-electron chi connectivity index (χ0n) is 18.2. The van der Waals surface area contributed by atoms with Crippen LogP contribution >= 0.6 is 0 Å². The number of aryl methyl sites for hydroxylation is 1. The monoisotopic (exact) mass is 436 g/mol. The molecule has 0 saturated carbocycles. The Morgan fingerprint density at radius 2 is 0.909 bits per heavy atom. The smallest absolute Gasteiger partial charge is 0.123 e. The Morgan fingerprint density at radius 1 is 0.545 bits per heavy atom. The molecule has 0 aliphatic rings. The molecule has 0 atom stereocenters. The minimum absolute atomic E-state index is 0.239. The summed E-state index contributed by atoms with van der Waals surface area (Å²) < 4.78 is 28.6. The van der Waals surface area contributed by atoms with E-state index >= 15 is 0 Å². The van der Waals surface area contributed by atoms with Crippen molar-refractivity contribution in [1.82, 2.24) is 9.55 Å². The van der Waals surface area contributed by atoms with Crippen LogP contribution in [0.1, 0.15) is 6.92 Å². The highest BCUT2D eigenvalue weighted by molar-refractivity contribution is 5.81. The van der Waals surface area contributed by atoms with Crippen LogP contribution in [0.25, 0.3) is 44.8 Å². The molecular formula is C29H22F2N2. The van der Waals surface area contributed by atoms with E-state index in [2.05, 4.69) is 47.9 Å². The lowest BCUT2D eigenvalue weighted by Crippen LogP contribution is -1.96. The van der Waals surface area contributed by atoms with Crippen LogP contribution in [0.15, 0.2) is 103 Å². The zero-order valence-corrected chi connectivity index (χ0v) is 18.2. The van der Waals surface area contributed by atoms with Crippen molar-refractivity contribution >= 4 is 0 Å². The van der Waals surface area contributed by atoms with Gasteiger partial charge >= 0.3 is 0 Å². The number of aromatic nitrogens is 2. The van der Waals surface area contributed by atoms with Gasteiger partial charge in [0.1, 0.15) is 11.6 Å². The Kier molecular flexibility index (Phi) is 5.57. The lowest BCUT2D eigenvalue weighted by atomic mass is 9.99. The molecule has 0 spiro atoms. The fourth-order valence-corrected chi connectivity index (χ4v) is 4.06. The summed E-state index contributed by atoms with van der Waals surface area (Å²) in [6.45, 7) is 2.90. The van der Waals surface area contributed by atoms with Crippen LogP contribution in [-0.2, 0) is 6.54 Å². The van der Waals surface area contributed by atoms with E-state index in [1.165, 1.54) is 24.3 Å². The molecule has 5 rings (SSSR count). The molecule has 0 unspecified atom stereocenters. The molecule has 4 aromatic carbocycles. The van der Waals surface area contributed by atoms with E-state index in [0.717, 1.165) is 51.3 Å². The summed E-state index contributed by atoms with van der Waals surface area (Å²) in [6, 6.07) is 29.5. The standard InChI is InChI=1S/C29H22F2N2/c1-2-33-19-32-28(24-7-3-20(4-8-24)22-11-15-26(30)16-12-22)29(33)25-9-5-21(6-10-25)23-13-17-27(31)18-14-23/h3-19H,2H2,1H3. The molecule has 0 fully saturated rings. The molecule has 0 amide bonds. The van der Waals surface area contributed by atoms with E-state index in [9.17, 15) is 8.78 Å². The largest absolute Gasteiger partial charge is 0.330 e. The average molecular weight is 437 g/mol. The first kappa shape index (κ1) is 20.8. The molecule has 0 aliphatic heterocycles. The number of rotatable bonds is 5. The molecule has 0 bridgehead atoms. The number of halogens is 2. The van der Waals surface area contributed by atoms with Crippen molar-refractivity contribution < 1.29 is 8.78 Å². The number of nitrogens with zero attached hydrogens (tertiary/aromatic N) is 2. The first-order chi connectivity index (χ1) is 16.1. The molecule has 4 heteroatoms. The highest BCUT2D eigenvalue weighted by atomic mass is 19.1. The average Bonchev–Trinajstić information content (AvgIpc) is 3.29. The molecular weight excluding hydrogens is 414 g/mol. The van der Waals surface area contributed by atoms with Gasteiger partial charge in [-0.3, -0.25) is 0 Å². The van der Waals surface area contributed by atoms with Crippen LogP contribution in [-0.4, -0.2) is 9.55 Å². The molecule has 0 N–H and O–H groups in total. The fraction of sp³-hybridized carbons (Fsp3) is 0.0690. The van der Waals surface area contributed by atoms with Crippen molar-refractivity contribution in [2.45, 2.75) is 13.5 Å². The summed E-state index contributed by atoms with van der Waals surface area (Å²) in [5.41, 5.74) is 8.06. The predicted octanol–water partition coefficient (Wildman–Crippen LogP) is 7.85. The van der Waals surface area contributed by atoms with Crippen molar-refractivity contribution in [3.63, 3.8) is 0 Å². The van der Waals surface area contributed by atoms with Crippen LogP contribution < -0.4 is 0 Å². The maximum atomic E-state index is 13.3. The van der Waals surface area contributed by atoms with Gasteiger partial charge in [-0.25, -0.2) is 13.8 Å². The third-order valence-electron chi connectivity index (χ3n) is 5.85. The van der Waals surface area contributed by atoms with Gasteiger partial charge in [0.25, 0.3) is 0 Å². The number of hydrogen-bond acceptors (Lipinski definition) is 1. The Hall–Kier alpha value is -4.05. The maximum Gasteiger partial charge on any atom is 0.123 e. The van der Waals surface area contributed by atoms with E-state index < -0.39 is 0 Å². The lowest BCUT2D eigenvalue weighted by Gasteiger charge is -2.11. The normalized spacial score (nSPS) is 11.0. The molecule has 162 valence electrons. The Morgan fingerprint density at radius 3 is 1.33 bits per heavy atom. The summed E-state index contributed by atoms with van der Waals surface area (Å²) in [5, 5.41) is 0.